The van der Waals surface area contributed by atoms with Gasteiger partial charge in [0.25, 0.3) is 5.91 Å². The van der Waals surface area contributed by atoms with E-state index < -0.39 is 7.92 Å². The highest BCUT2D eigenvalue weighted by atomic mass is 31.1. The molecule has 3 aliphatic heterocycles. The van der Waals surface area contributed by atoms with Crippen LogP contribution in [0.4, 0.5) is 0 Å². The average Bonchev–Trinajstić information content (AvgIpc) is 3.43. The van der Waals surface area contributed by atoms with Crippen molar-refractivity contribution >= 4 is 40.6 Å². The van der Waals surface area contributed by atoms with Crippen LogP contribution in [0.1, 0.15) is 34.8 Å². The first kappa shape index (κ1) is 44.1. The summed E-state index contributed by atoms with van der Waals surface area (Å²) < 4.78 is 5.77. The monoisotopic (exact) mass is 915 g/mol. The molecule has 5 nitrogen and oxygen atoms in total. The van der Waals surface area contributed by atoms with Crippen LogP contribution >= 0.6 is 7.92 Å². The Morgan fingerprint density at radius 3 is 1.67 bits per heavy atom. The number of pyridine rings is 1. The van der Waals surface area contributed by atoms with Gasteiger partial charge in [0.2, 0.25) is 0 Å². The predicted octanol–water partition coefficient (Wildman–Crippen LogP) is 13.0. The quantitative estimate of drug-likeness (QED) is 0.0925. The Balaban J connectivity index is 1.11. The number of nitrogens with one attached hydrogen (secondary N) is 1. The number of methoxy groups -OCH3 is 1. The van der Waals surface area contributed by atoms with Crippen molar-refractivity contribution in [3.63, 3.8) is 0 Å². The van der Waals surface area contributed by atoms with Crippen molar-refractivity contribution in [2.24, 2.45) is 11.8 Å². The first-order valence-electron chi connectivity index (χ1n) is 24.0. The fourth-order valence-electron chi connectivity index (χ4n) is 10.8. The van der Waals surface area contributed by atoms with Crippen LogP contribution in [0.15, 0.2) is 225 Å². The summed E-state index contributed by atoms with van der Waals surface area (Å²) in [5.74, 6) is 1.61. The van der Waals surface area contributed by atoms with Crippen LogP contribution in [0.25, 0.3) is 55.4 Å². The molecule has 5 atom stereocenters. The van der Waals surface area contributed by atoms with E-state index in [2.05, 4.69) is 205 Å². The van der Waals surface area contributed by atoms with Crippen molar-refractivity contribution in [3.8, 4) is 50.3 Å². The molecule has 0 saturated carbocycles. The van der Waals surface area contributed by atoms with Gasteiger partial charge >= 0.3 is 0 Å². The molecule has 8 aromatic carbocycles. The Morgan fingerprint density at radius 2 is 1.17 bits per heavy atom. The van der Waals surface area contributed by atoms with E-state index in [9.17, 15) is 0 Å². The lowest BCUT2D eigenvalue weighted by Gasteiger charge is -2.51. The van der Waals surface area contributed by atoms with E-state index in [0.717, 1.165) is 109 Å². The zero-order chi connectivity index (χ0) is 46.7. The summed E-state index contributed by atoms with van der Waals surface area (Å²) in [6, 6.07) is 72.9. The second kappa shape index (κ2) is 19.7. The highest BCUT2D eigenvalue weighted by Gasteiger charge is 2.43. The first-order valence-corrected chi connectivity index (χ1v) is 25.4. The van der Waals surface area contributed by atoms with Gasteiger partial charge in [0, 0.05) is 29.7 Å². The maximum Gasteiger partial charge on any atom is 0.252 e. The average molecular weight is 916 g/mol. The molecule has 1 amide bonds. The molecule has 1 aromatic heterocycles. The lowest BCUT2D eigenvalue weighted by atomic mass is 9.73. The van der Waals surface area contributed by atoms with Gasteiger partial charge in [-0.3, -0.25) is 14.7 Å². The van der Waals surface area contributed by atoms with Crippen LogP contribution in [-0.2, 0) is 0 Å². The number of carbonyl (C=O) groups excluding carboxylic acids is 1. The number of amides is 1. The highest BCUT2D eigenvalue weighted by Crippen LogP contribution is 2.44. The lowest BCUT2D eigenvalue weighted by molar-refractivity contribution is 0.00171. The Labute approximate surface area is 406 Å². The largest absolute Gasteiger partial charge is 0.497 e. The van der Waals surface area contributed by atoms with Gasteiger partial charge in [-0.05, 0) is 172 Å². The van der Waals surface area contributed by atoms with Crippen molar-refractivity contribution in [2.75, 3.05) is 20.2 Å². The Bertz CT molecular complexity index is 3030. The summed E-state index contributed by atoms with van der Waals surface area (Å²) in [6.45, 7) is 6.15. The van der Waals surface area contributed by atoms with E-state index in [4.69, 9.17) is 9.72 Å². The summed E-state index contributed by atoms with van der Waals surface area (Å²) in [5.41, 5.74) is 11.7. The standard InChI is InChI=1S/C63H54N3O2P/c1-3-43-42-66-33-31-48(43)40-60(66)62(56-30-32-64-59-29-28-53(68-2)41-58(56)59)65-63(67)57-26-16-17-27-61(57)69(54-36-49(44-18-8-4-9-19-44)34-50(37-54)45-20-10-5-11-21-45)55-38-51(46-22-12-6-13-23-46)35-52(39-55)47-24-14-7-15-25-47/h3-30,32,34-39,41,43,48,60,62H,1,31,33,40,42H2,2H3,(H,65,67)/t43-,48-,60-,62-/m0/s1. The molecule has 4 heterocycles. The number of hydrogen-bond donors (Lipinski definition) is 1. The number of aromatic nitrogens is 1. The van der Waals surface area contributed by atoms with E-state index in [1.165, 1.54) is 0 Å². The van der Waals surface area contributed by atoms with E-state index in [1.54, 1.807) is 7.11 Å². The molecule has 9 aromatic rings. The molecule has 6 heteroatoms. The number of nitrogens with zero attached hydrogens (tertiary/aromatic N) is 2. The second-order valence-electron chi connectivity index (χ2n) is 18.3. The summed E-state index contributed by atoms with van der Waals surface area (Å²) in [6.07, 6.45) is 6.12. The van der Waals surface area contributed by atoms with E-state index in [0.29, 0.717) is 17.4 Å². The van der Waals surface area contributed by atoms with Gasteiger partial charge in [-0.25, -0.2) is 0 Å². The van der Waals surface area contributed by atoms with Crippen LogP contribution < -0.4 is 26.0 Å². The van der Waals surface area contributed by atoms with E-state index >= 15 is 4.79 Å². The molecule has 3 saturated heterocycles. The van der Waals surface area contributed by atoms with Crippen LogP contribution in [0, 0.1) is 11.8 Å². The molecule has 1 N–H and O–H groups in total. The van der Waals surface area contributed by atoms with Crippen LogP contribution in [0.5, 0.6) is 5.75 Å². The maximum absolute atomic E-state index is 15.8. The Morgan fingerprint density at radius 1 is 0.652 bits per heavy atom. The smallest absolute Gasteiger partial charge is 0.252 e. The van der Waals surface area contributed by atoms with Gasteiger partial charge in [0.15, 0.2) is 0 Å². The number of carbonyl (C=O) groups is 1. The molecule has 0 aliphatic carbocycles. The zero-order valence-corrected chi connectivity index (χ0v) is 39.7. The third kappa shape index (κ3) is 9.04. The normalized spacial score (nSPS) is 17.9. The summed E-state index contributed by atoms with van der Waals surface area (Å²) in [5, 5.41) is 8.04. The van der Waals surface area contributed by atoms with Crippen molar-refractivity contribution in [1.82, 2.24) is 15.2 Å². The lowest BCUT2D eigenvalue weighted by Crippen LogP contribution is -2.57. The number of ether oxygens (including phenoxy) is 1. The number of benzene rings is 8. The summed E-state index contributed by atoms with van der Waals surface area (Å²) in [4.78, 5) is 23.2. The molecule has 69 heavy (non-hydrogen) atoms. The van der Waals surface area contributed by atoms with Crippen molar-refractivity contribution in [3.05, 3.63) is 236 Å². The molecule has 0 spiro atoms. The topological polar surface area (TPSA) is 54.5 Å². The third-order valence-electron chi connectivity index (χ3n) is 14.3. The van der Waals surface area contributed by atoms with Gasteiger partial charge in [0.1, 0.15) is 5.75 Å². The fourth-order valence-corrected chi connectivity index (χ4v) is 13.4. The van der Waals surface area contributed by atoms with E-state index in [1.807, 2.05) is 30.5 Å². The summed E-state index contributed by atoms with van der Waals surface area (Å²) in [7, 11) is 0.322. The van der Waals surface area contributed by atoms with Crippen LogP contribution in [0.3, 0.4) is 0 Å². The van der Waals surface area contributed by atoms with Gasteiger partial charge in [-0.15, -0.1) is 6.58 Å². The van der Waals surface area contributed by atoms with Crippen molar-refractivity contribution < 1.29 is 9.53 Å². The number of fused-ring (bicyclic) bond motifs is 4. The molecular formula is C63H54N3O2P. The van der Waals surface area contributed by atoms with Gasteiger partial charge in [-0.2, -0.15) is 0 Å². The summed E-state index contributed by atoms with van der Waals surface area (Å²) >= 11 is 0. The number of rotatable bonds is 13. The predicted molar refractivity (Wildman–Crippen MR) is 287 cm³/mol. The molecule has 0 radical (unpaired) electrons. The van der Waals surface area contributed by atoms with Gasteiger partial charge in [0.05, 0.1) is 18.7 Å². The second-order valence-corrected chi connectivity index (χ2v) is 20.5. The molecular weight excluding hydrogens is 862 g/mol. The molecule has 12 rings (SSSR count). The third-order valence-corrected chi connectivity index (χ3v) is 16.7. The number of hydrogen-bond acceptors (Lipinski definition) is 4. The Hall–Kier alpha value is -7.43. The highest BCUT2D eigenvalue weighted by molar-refractivity contribution is 7.80. The minimum Gasteiger partial charge on any atom is -0.497 e. The molecule has 1 unspecified atom stereocenters. The van der Waals surface area contributed by atoms with Gasteiger partial charge in [-0.1, -0.05) is 146 Å². The molecule has 3 aliphatic rings. The van der Waals surface area contributed by atoms with Crippen LogP contribution in [0.2, 0.25) is 0 Å². The van der Waals surface area contributed by atoms with E-state index in [-0.39, 0.29) is 18.0 Å². The van der Waals surface area contributed by atoms with Crippen LogP contribution in [-0.4, -0.2) is 42.0 Å². The van der Waals surface area contributed by atoms with Crippen molar-refractivity contribution in [1.29, 1.82) is 0 Å². The molecule has 338 valence electrons. The molecule has 2 bridgehead atoms. The maximum atomic E-state index is 15.8. The zero-order valence-electron chi connectivity index (χ0n) is 38.8. The SMILES string of the molecule is C=C[C@H]1CN2CC[C@H]1C[C@H]2[C@@H](NC(=O)c1ccccc1P(c1cc(-c2ccccc2)cc(-c2ccccc2)c1)c1cc(-c2ccccc2)cc(-c2ccccc2)c1)c1ccnc2ccc(OC)cc12. The fraction of sp³-hybridized carbons (Fsp3) is 0.143. The minimum absolute atomic E-state index is 0.0846. The van der Waals surface area contributed by atoms with Crippen molar-refractivity contribution in [2.45, 2.75) is 24.9 Å². The first-order chi connectivity index (χ1) is 34.0. The Kier molecular flexibility index (Phi) is 12.6. The molecule has 3 fully saturated rings. The minimum atomic E-state index is -1.38. The van der Waals surface area contributed by atoms with Gasteiger partial charge < -0.3 is 10.1 Å². The number of piperidine rings is 3.